The van der Waals surface area contributed by atoms with Crippen LogP contribution in [0.25, 0.3) is 11.0 Å². The van der Waals surface area contributed by atoms with Crippen LogP contribution in [-0.4, -0.2) is 23.4 Å². The molecule has 1 aromatic heterocycles. The molecule has 106 valence electrons. The first-order valence-corrected chi connectivity index (χ1v) is 6.80. The summed E-state index contributed by atoms with van der Waals surface area (Å²) in [6.45, 7) is 0. The highest BCUT2D eigenvalue weighted by molar-refractivity contribution is 5.93. The summed E-state index contributed by atoms with van der Waals surface area (Å²) in [5.74, 6) is -0.457. The van der Waals surface area contributed by atoms with Gasteiger partial charge in [0.1, 0.15) is 11.1 Å². The van der Waals surface area contributed by atoms with E-state index in [9.17, 15) is 14.9 Å². The normalized spacial score (nSPS) is 16.0. The monoisotopic (exact) mass is 282 g/mol. The maximum absolute atomic E-state index is 12.5. The Morgan fingerprint density at radius 1 is 1.38 bits per heavy atom. The zero-order chi connectivity index (χ0) is 15.0. The molecule has 0 bridgehead atoms. The Labute approximate surface area is 121 Å². The van der Waals surface area contributed by atoms with Crippen molar-refractivity contribution >= 4 is 16.9 Å². The topological polar surface area (TPSA) is 74.3 Å². The SMILES string of the molecule is CN(C(=O)c1cc(=O)c2ccccc2o1)C1(C#N)CCC1. The molecule has 1 heterocycles. The minimum Gasteiger partial charge on any atom is -0.451 e. The van der Waals surface area contributed by atoms with E-state index in [1.165, 1.54) is 11.0 Å². The molecule has 0 radical (unpaired) electrons. The van der Waals surface area contributed by atoms with Gasteiger partial charge in [-0.2, -0.15) is 5.26 Å². The molecule has 0 unspecified atom stereocenters. The van der Waals surface area contributed by atoms with Crippen molar-refractivity contribution in [3.8, 4) is 6.07 Å². The molecule has 1 saturated carbocycles. The fourth-order valence-corrected chi connectivity index (χ4v) is 2.60. The van der Waals surface area contributed by atoms with Crippen molar-refractivity contribution in [2.45, 2.75) is 24.8 Å². The first-order chi connectivity index (χ1) is 10.1. The lowest BCUT2D eigenvalue weighted by Gasteiger charge is -2.42. The Bertz CT molecular complexity index is 812. The summed E-state index contributed by atoms with van der Waals surface area (Å²) in [5, 5.41) is 9.73. The Morgan fingerprint density at radius 3 is 2.71 bits per heavy atom. The first kappa shape index (κ1) is 13.4. The number of carbonyl (C=O) groups is 1. The molecule has 0 N–H and O–H groups in total. The molecule has 0 aliphatic heterocycles. The third kappa shape index (κ3) is 2.00. The summed E-state index contributed by atoms with van der Waals surface area (Å²) in [7, 11) is 1.58. The number of nitriles is 1. The summed E-state index contributed by atoms with van der Waals surface area (Å²) >= 11 is 0. The van der Waals surface area contributed by atoms with Crippen molar-refractivity contribution in [3.05, 3.63) is 46.3 Å². The fourth-order valence-electron chi connectivity index (χ4n) is 2.60. The van der Waals surface area contributed by atoms with Gasteiger partial charge in [-0.1, -0.05) is 12.1 Å². The Kier molecular flexibility index (Phi) is 3.02. The smallest absolute Gasteiger partial charge is 0.290 e. The summed E-state index contributed by atoms with van der Waals surface area (Å²) in [6, 6.07) is 10.2. The highest BCUT2D eigenvalue weighted by atomic mass is 16.3. The lowest BCUT2D eigenvalue weighted by Crippen LogP contribution is -2.53. The van der Waals surface area contributed by atoms with Crippen LogP contribution in [0.15, 0.2) is 39.5 Å². The van der Waals surface area contributed by atoms with Crippen molar-refractivity contribution < 1.29 is 9.21 Å². The van der Waals surface area contributed by atoms with Crippen molar-refractivity contribution in [1.29, 1.82) is 5.26 Å². The zero-order valence-electron chi connectivity index (χ0n) is 11.6. The van der Waals surface area contributed by atoms with Gasteiger partial charge < -0.3 is 9.32 Å². The van der Waals surface area contributed by atoms with Crippen LogP contribution in [0.1, 0.15) is 29.8 Å². The average molecular weight is 282 g/mol. The maximum Gasteiger partial charge on any atom is 0.290 e. The molecule has 1 amide bonds. The van der Waals surface area contributed by atoms with Crippen LogP contribution in [0.5, 0.6) is 0 Å². The molecule has 0 atom stereocenters. The maximum atomic E-state index is 12.5. The number of hydrogen-bond donors (Lipinski definition) is 0. The highest BCUT2D eigenvalue weighted by Gasteiger charge is 2.44. The predicted octanol–water partition coefficient (Wildman–Crippen LogP) is 2.31. The Hall–Kier alpha value is -2.61. The molecule has 3 rings (SSSR count). The minimum atomic E-state index is -0.763. The van der Waals surface area contributed by atoms with Crippen LogP contribution < -0.4 is 5.43 Å². The molecule has 1 fully saturated rings. The van der Waals surface area contributed by atoms with E-state index in [1.54, 1.807) is 31.3 Å². The van der Waals surface area contributed by atoms with Crippen molar-refractivity contribution in [3.63, 3.8) is 0 Å². The van der Waals surface area contributed by atoms with Crippen LogP contribution >= 0.6 is 0 Å². The standard InChI is InChI=1S/C16H14N2O3/c1-18(16(10-17)7-4-8-16)15(20)14-9-12(19)11-5-2-3-6-13(11)21-14/h2-3,5-6,9H,4,7-8H2,1H3. The van der Waals surface area contributed by atoms with Gasteiger partial charge in [-0.3, -0.25) is 9.59 Å². The zero-order valence-corrected chi connectivity index (χ0v) is 11.6. The lowest BCUT2D eigenvalue weighted by molar-refractivity contribution is 0.0467. The van der Waals surface area contributed by atoms with Gasteiger partial charge in [0, 0.05) is 13.1 Å². The molecule has 0 spiro atoms. The minimum absolute atomic E-state index is 0.0253. The van der Waals surface area contributed by atoms with Gasteiger partial charge in [-0.05, 0) is 31.4 Å². The molecule has 1 aliphatic carbocycles. The summed E-state index contributed by atoms with van der Waals surface area (Å²) < 4.78 is 5.53. The number of rotatable bonds is 2. The number of para-hydroxylation sites is 1. The van der Waals surface area contributed by atoms with Gasteiger partial charge in [0.15, 0.2) is 11.2 Å². The van der Waals surface area contributed by atoms with Gasteiger partial charge in [0.25, 0.3) is 5.91 Å². The van der Waals surface area contributed by atoms with Crippen LogP contribution in [0.2, 0.25) is 0 Å². The molecule has 2 aromatic rings. The van der Waals surface area contributed by atoms with Crippen molar-refractivity contribution in [2.75, 3.05) is 7.05 Å². The predicted molar refractivity (Wildman–Crippen MR) is 76.8 cm³/mol. The van der Waals surface area contributed by atoms with E-state index in [2.05, 4.69) is 6.07 Å². The summed E-state index contributed by atoms with van der Waals surface area (Å²) in [5.41, 5.74) is -0.643. The Balaban J connectivity index is 2.03. The number of fused-ring (bicyclic) bond motifs is 1. The Morgan fingerprint density at radius 2 is 2.10 bits per heavy atom. The van der Waals surface area contributed by atoms with E-state index in [0.717, 1.165) is 6.42 Å². The molecule has 5 heteroatoms. The van der Waals surface area contributed by atoms with Crippen molar-refractivity contribution in [1.82, 2.24) is 4.90 Å². The van der Waals surface area contributed by atoms with Crippen LogP contribution in [0.3, 0.4) is 0 Å². The molecule has 1 aromatic carbocycles. The lowest BCUT2D eigenvalue weighted by atomic mass is 9.76. The van der Waals surface area contributed by atoms with Crippen LogP contribution in [-0.2, 0) is 0 Å². The third-order valence-electron chi connectivity index (χ3n) is 4.18. The number of carbonyl (C=O) groups excluding carboxylic acids is 1. The molecule has 5 nitrogen and oxygen atoms in total. The van der Waals surface area contributed by atoms with Gasteiger partial charge in [-0.25, -0.2) is 0 Å². The molecule has 0 saturated heterocycles. The molecule has 1 aliphatic rings. The second-order valence-corrected chi connectivity index (χ2v) is 5.33. The van der Waals surface area contributed by atoms with E-state index in [0.29, 0.717) is 23.8 Å². The van der Waals surface area contributed by atoms with Gasteiger partial charge in [0.2, 0.25) is 0 Å². The molecular weight excluding hydrogens is 268 g/mol. The number of benzene rings is 1. The van der Waals surface area contributed by atoms with Gasteiger partial charge in [-0.15, -0.1) is 0 Å². The van der Waals surface area contributed by atoms with Crippen molar-refractivity contribution in [2.24, 2.45) is 0 Å². The fraction of sp³-hybridized carbons (Fsp3) is 0.312. The van der Waals surface area contributed by atoms with E-state index in [4.69, 9.17) is 4.42 Å². The number of hydrogen-bond acceptors (Lipinski definition) is 4. The van der Waals surface area contributed by atoms with E-state index >= 15 is 0 Å². The first-order valence-electron chi connectivity index (χ1n) is 6.80. The average Bonchev–Trinajstić information content (AvgIpc) is 2.45. The second-order valence-electron chi connectivity index (χ2n) is 5.33. The van der Waals surface area contributed by atoms with E-state index in [1.807, 2.05) is 0 Å². The summed E-state index contributed by atoms with van der Waals surface area (Å²) in [4.78, 5) is 25.9. The molecular formula is C16H14N2O3. The largest absolute Gasteiger partial charge is 0.451 e. The van der Waals surface area contributed by atoms with E-state index in [-0.39, 0.29) is 11.2 Å². The van der Waals surface area contributed by atoms with Gasteiger partial charge in [0.05, 0.1) is 11.5 Å². The van der Waals surface area contributed by atoms with Crippen LogP contribution in [0.4, 0.5) is 0 Å². The highest BCUT2D eigenvalue weighted by Crippen LogP contribution is 2.37. The third-order valence-corrected chi connectivity index (χ3v) is 4.18. The van der Waals surface area contributed by atoms with Gasteiger partial charge >= 0.3 is 0 Å². The van der Waals surface area contributed by atoms with E-state index < -0.39 is 11.4 Å². The number of amides is 1. The summed E-state index contributed by atoms with van der Waals surface area (Å²) in [6.07, 6.45) is 2.24. The second kappa shape index (κ2) is 4.74. The van der Waals surface area contributed by atoms with Crippen LogP contribution in [0, 0.1) is 11.3 Å². The number of nitrogens with zero attached hydrogens (tertiary/aromatic N) is 2. The molecule has 21 heavy (non-hydrogen) atoms. The quantitative estimate of drug-likeness (QED) is 0.847.